The first-order valence-corrected chi connectivity index (χ1v) is 5.98. The third-order valence-corrected chi connectivity index (χ3v) is 3.53. The van der Waals surface area contributed by atoms with Gasteiger partial charge in [-0.05, 0) is 43.4 Å². The second kappa shape index (κ2) is 3.93. The Bertz CT molecular complexity index is 324. The van der Waals surface area contributed by atoms with Crippen LogP contribution in [-0.4, -0.2) is 6.04 Å². The van der Waals surface area contributed by atoms with Crippen LogP contribution in [0.15, 0.2) is 28.7 Å². The molecule has 1 N–H and O–H groups in total. The van der Waals surface area contributed by atoms with Crippen molar-refractivity contribution in [3.05, 3.63) is 28.7 Å². The molecule has 1 saturated carbocycles. The largest absolute Gasteiger partial charge is 0.382 e. The standard InChI is InChI=1S/C12H16BrN/c1-8-6-12(8)9(2)14-11-5-3-4-10(13)7-11/h3-5,7-9,12,14H,6H2,1-2H3. The van der Waals surface area contributed by atoms with Gasteiger partial charge in [-0.15, -0.1) is 0 Å². The summed E-state index contributed by atoms with van der Waals surface area (Å²) in [7, 11) is 0. The SMILES string of the molecule is CC1CC1C(C)Nc1cccc(Br)c1. The maximum atomic E-state index is 3.55. The van der Waals surface area contributed by atoms with Gasteiger partial charge in [-0.25, -0.2) is 0 Å². The second-order valence-corrected chi connectivity index (χ2v) is 5.24. The average Bonchev–Trinajstić information content (AvgIpc) is 2.82. The molecule has 1 fully saturated rings. The van der Waals surface area contributed by atoms with Crippen molar-refractivity contribution in [3.63, 3.8) is 0 Å². The Labute approximate surface area is 94.0 Å². The maximum absolute atomic E-state index is 3.55. The van der Waals surface area contributed by atoms with Crippen molar-refractivity contribution in [2.24, 2.45) is 11.8 Å². The minimum atomic E-state index is 0.597. The molecule has 0 bridgehead atoms. The summed E-state index contributed by atoms with van der Waals surface area (Å²) in [6, 6.07) is 8.96. The second-order valence-electron chi connectivity index (χ2n) is 4.32. The zero-order valence-electron chi connectivity index (χ0n) is 8.63. The fourth-order valence-corrected chi connectivity index (χ4v) is 2.40. The molecule has 3 unspecified atom stereocenters. The molecule has 2 rings (SSSR count). The van der Waals surface area contributed by atoms with Crippen molar-refractivity contribution >= 4 is 21.6 Å². The molecule has 0 aliphatic heterocycles. The lowest BCUT2D eigenvalue weighted by Crippen LogP contribution is -2.18. The van der Waals surface area contributed by atoms with Crippen LogP contribution < -0.4 is 5.32 Å². The van der Waals surface area contributed by atoms with E-state index in [9.17, 15) is 0 Å². The van der Waals surface area contributed by atoms with Gasteiger partial charge in [-0.3, -0.25) is 0 Å². The zero-order chi connectivity index (χ0) is 10.1. The molecule has 1 aromatic carbocycles. The molecule has 0 spiro atoms. The first-order valence-electron chi connectivity index (χ1n) is 5.19. The van der Waals surface area contributed by atoms with Crippen LogP contribution in [-0.2, 0) is 0 Å². The summed E-state index contributed by atoms with van der Waals surface area (Å²) in [5, 5.41) is 3.55. The number of rotatable bonds is 3. The normalized spacial score (nSPS) is 27.1. The molecular weight excluding hydrogens is 238 g/mol. The fraction of sp³-hybridized carbons (Fsp3) is 0.500. The number of hydrogen-bond donors (Lipinski definition) is 1. The monoisotopic (exact) mass is 253 g/mol. The Balaban J connectivity index is 1.96. The zero-order valence-corrected chi connectivity index (χ0v) is 10.2. The predicted octanol–water partition coefficient (Wildman–Crippen LogP) is 3.91. The highest BCUT2D eigenvalue weighted by Gasteiger charge is 2.36. The smallest absolute Gasteiger partial charge is 0.0353 e. The van der Waals surface area contributed by atoms with Crippen molar-refractivity contribution in [1.29, 1.82) is 0 Å². The van der Waals surface area contributed by atoms with Crippen LogP contribution in [0, 0.1) is 11.8 Å². The van der Waals surface area contributed by atoms with Crippen LogP contribution in [0.4, 0.5) is 5.69 Å². The molecule has 0 saturated heterocycles. The van der Waals surface area contributed by atoms with Crippen molar-refractivity contribution in [2.45, 2.75) is 26.3 Å². The van der Waals surface area contributed by atoms with E-state index in [4.69, 9.17) is 0 Å². The van der Waals surface area contributed by atoms with Crippen molar-refractivity contribution in [1.82, 2.24) is 0 Å². The lowest BCUT2D eigenvalue weighted by atomic mass is 10.1. The van der Waals surface area contributed by atoms with Crippen molar-refractivity contribution in [3.8, 4) is 0 Å². The Morgan fingerprint density at radius 1 is 1.50 bits per heavy atom. The summed E-state index contributed by atoms with van der Waals surface area (Å²) in [4.78, 5) is 0. The van der Waals surface area contributed by atoms with E-state index < -0.39 is 0 Å². The molecular formula is C12H16BrN. The number of halogens is 1. The van der Waals surface area contributed by atoms with Crippen LogP contribution in [0.3, 0.4) is 0 Å². The van der Waals surface area contributed by atoms with E-state index in [-0.39, 0.29) is 0 Å². The third kappa shape index (κ3) is 2.30. The van der Waals surface area contributed by atoms with Crippen molar-refractivity contribution in [2.75, 3.05) is 5.32 Å². The van der Waals surface area contributed by atoms with Crippen LogP contribution in [0.2, 0.25) is 0 Å². The van der Waals surface area contributed by atoms with E-state index in [0.717, 1.165) is 16.3 Å². The molecule has 76 valence electrons. The van der Waals surface area contributed by atoms with Gasteiger partial charge in [-0.2, -0.15) is 0 Å². The van der Waals surface area contributed by atoms with Gasteiger partial charge in [0.2, 0.25) is 0 Å². The molecule has 1 nitrogen and oxygen atoms in total. The Morgan fingerprint density at radius 2 is 2.21 bits per heavy atom. The molecule has 0 radical (unpaired) electrons. The Kier molecular flexibility index (Phi) is 2.82. The summed E-state index contributed by atoms with van der Waals surface area (Å²) in [6.07, 6.45) is 1.38. The van der Waals surface area contributed by atoms with Crippen LogP contribution in [0.25, 0.3) is 0 Å². The van der Waals surface area contributed by atoms with Gasteiger partial charge < -0.3 is 5.32 Å². The van der Waals surface area contributed by atoms with E-state index in [2.05, 4.69) is 59.4 Å². The molecule has 14 heavy (non-hydrogen) atoms. The van der Waals surface area contributed by atoms with Gasteiger partial charge in [-0.1, -0.05) is 28.9 Å². The van der Waals surface area contributed by atoms with E-state index in [1.807, 2.05) is 0 Å². The molecule has 1 aliphatic carbocycles. The third-order valence-electron chi connectivity index (χ3n) is 3.03. The van der Waals surface area contributed by atoms with Crippen LogP contribution >= 0.6 is 15.9 Å². The molecule has 1 aliphatic rings. The van der Waals surface area contributed by atoms with Gasteiger partial charge in [0.1, 0.15) is 0 Å². The molecule has 0 amide bonds. The van der Waals surface area contributed by atoms with Gasteiger partial charge in [0, 0.05) is 16.2 Å². The summed E-state index contributed by atoms with van der Waals surface area (Å²) in [5.74, 6) is 1.78. The Hall–Kier alpha value is -0.500. The number of hydrogen-bond acceptors (Lipinski definition) is 1. The van der Waals surface area contributed by atoms with Crippen LogP contribution in [0.5, 0.6) is 0 Å². The molecule has 3 atom stereocenters. The molecule has 1 aromatic rings. The first-order chi connectivity index (χ1) is 6.66. The Morgan fingerprint density at radius 3 is 2.79 bits per heavy atom. The summed E-state index contributed by atoms with van der Waals surface area (Å²) in [6.45, 7) is 4.60. The topological polar surface area (TPSA) is 12.0 Å². The van der Waals surface area contributed by atoms with Crippen LogP contribution in [0.1, 0.15) is 20.3 Å². The number of nitrogens with one attached hydrogen (secondary N) is 1. The number of anilines is 1. The minimum absolute atomic E-state index is 0.597. The van der Waals surface area contributed by atoms with E-state index in [1.54, 1.807) is 0 Å². The average molecular weight is 254 g/mol. The quantitative estimate of drug-likeness (QED) is 0.862. The van der Waals surface area contributed by atoms with E-state index >= 15 is 0 Å². The highest BCUT2D eigenvalue weighted by Crippen LogP contribution is 2.41. The summed E-state index contributed by atoms with van der Waals surface area (Å²) >= 11 is 3.48. The van der Waals surface area contributed by atoms with Gasteiger partial charge in [0.15, 0.2) is 0 Å². The van der Waals surface area contributed by atoms with Gasteiger partial charge in [0.05, 0.1) is 0 Å². The molecule has 2 heteroatoms. The minimum Gasteiger partial charge on any atom is -0.382 e. The van der Waals surface area contributed by atoms with Crippen molar-refractivity contribution < 1.29 is 0 Å². The highest BCUT2D eigenvalue weighted by molar-refractivity contribution is 9.10. The van der Waals surface area contributed by atoms with E-state index in [0.29, 0.717) is 6.04 Å². The fourth-order valence-electron chi connectivity index (χ4n) is 2.00. The van der Waals surface area contributed by atoms with E-state index in [1.165, 1.54) is 12.1 Å². The molecule has 0 heterocycles. The highest BCUT2D eigenvalue weighted by atomic mass is 79.9. The lowest BCUT2D eigenvalue weighted by molar-refractivity contribution is 0.645. The van der Waals surface area contributed by atoms with Gasteiger partial charge >= 0.3 is 0 Å². The van der Waals surface area contributed by atoms with Gasteiger partial charge in [0.25, 0.3) is 0 Å². The lowest BCUT2D eigenvalue weighted by Gasteiger charge is -2.14. The summed E-state index contributed by atoms with van der Waals surface area (Å²) in [5.41, 5.74) is 1.21. The maximum Gasteiger partial charge on any atom is 0.0353 e. The predicted molar refractivity (Wildman–Crippen MR) is 64.5 cm³/mol. The summed E-state index contributed by atoms with van der Waals surface area (Å²) < 4.78 is 1.14. The number of benzene rings is 1. The molecule has 0 aromatic heterocycles. The first kappa shape index (κ1) is 10.0.